The Balaban J connectivity index is 1.49. The van der Waals surface area contributed by atoms with E-state index in [4.69, 9.17) is 0 Å². The van der Waals surface area contributed by atoms with E-state index in [9.17, 15) is 9.59 Å². The standard InChI is InChI=1S/C35H33N3O2/c39-34(37-28-21-11-4-12-22-28)33(26-17-7-2-8-18-26)38-30-24-14-13-23-29(30)31(35(38)40)32(25-15-5-1-6-16-25)36-27-19-9-3-10-20-27/h1-3,5-10,13-20,23-24,28,33,36H,4,11-12,21-22H2,(H,37,39)/b32-31-. The molecule has 2 N–H and O–H groups in total. The van der Waals surface area contributed by atoms with Crippen molar-refractivity contribution in [2.24, 2.45) is 0 Å². The molecule has 0 aromatic heterocycles. The van der Waals surface area contributed by atoms with E-state index in [2.05, 4.69) is 10.6 Å². The average Bonchev–Trinajstić information content (AvgIpc) is 3.29. The Morgan fingerprint density at radius 3 is 2.02 bits per heavy atom. The molecule has 2 amide bonds. The van der Waals surface area contributed by atoms with Crippen molar-refractivity contribution in [3.05, 3.63) is 132 Å². The molecule has 4 aromatic rings. The minimum absolute atomic E-state index is 0.134. The first-order chi connectivity index (χ1) is 19.7. The van der Waals surface area contributed by atoms with Crippen LogP contribution in [0.15, 0.2) is 115 Å². The Morgan fingerprint density at radius 1 is 0.725 bits per heavy atom. The summed E-state index contributed by atoms with van der Waals surface area (Å²) in [5, 5.41) is 6.83. The van der Waals surface area contributed by atoms with Crippen LogP contribution in [0.5, 0.6) is 0 Å². The van der Waals surface area contributed by atoms with Gasteiger partial charge in [0, 0.05) is 17.3 Å². The molecule has 1 saturated carbocycles. The third-order valence-corrected chi connectivity index (χ3v) is 7.79. The molecule has 1 heterocycles. The predicted molar refractivity (Wildman–Crippen MR) is 161 cm³/mol. The number of carbonyl (C=O) groups excluding carboxylic acids is 2. The number of hydrogen-bond acceptors (Lipinski definition) is 3. The quantitative estimate of drug-likeness (QED) is 0.250. The summed E-state index contributed by atoms with van der Waals surface area (Å²) < 4.78 is 0. The molecule has 1 aliphatic heterocycles. The number of carbonyl (C=O) groups is 2. The second-order valence-corrected chi connectivity index (χ2v) is 10.5. The third kappa shape index (κ3) is 5.15. The largest absolute Gasteiger partial charge is 0.354 e. The van der Waals surface area contributed by atoms with Gasteiger partial charge in [0.2, 0.25) is 5.91 Å². The summed E-state index contributed by atoms with van der Waals surface area (Å²) in [6.45, 7) is 0. The second kappa shape index (κ2) is 11.6. The number of hydrogen-bond donors (Lipinski definition) is 2. The Kier molecular flexibility index (Phi) is 7.45. The zero-order chi connectivity index (χ0) is 27.3. The summed E-state index contributed by atoms with van der Waals surface area (Å²) in [4.78, 5) is 30.4. The molecule has 40 heavy (non-hydrogen) atoms. The van der Waals surface area contributed by atoms with Gasteiger partial charge in [0.25, 0.3) is 5.91 Å². The van der Waals surface area contributed by atoms with Gasteiger partial charge in [-0.05, 0) is 42.2 Å². The molecule has 1 fully saturated rings. The van der Waals surface area contributed by atoms with Crippen LogP contribution in [0.1, 0.15) is 54.8 Å². The van der Waals surface area contributed by atoms with E-state index in [0.29, 0.717) is 11.3 Å². The maximum atomic E-state index is 14.6. The number of nitrogens with one attached hydrogen (secondary N) is 2. The molecule has 0 radical (unpaired) electrons. The van der Waals surface area contributed by atoms with Gasteiger partial charge in [-0.3, -0.25) is 14.5 Å². The number of benzene rings is 4. The fourth-order valence-corrected chi connectivity index (χ4v) is 5.87. The molecule has 1 aliphatic carbocycles. The molecule has 6 rings (SSSR count). The lowest BCUT2D eigenvalue weighted by molar-refractivity contribution is -0.125. The molecule has 0 saturated heterocycles. The Labute approximate surface area is 235 Å². The molecule has 0 spiro atoms. The van der Waals surface area contributed by atoms with Gasteiger partial charge in [0.05, 0.1) is 17.0 Å². The van der Waals surface area contributed by atoms with Crippen LogP contribution < -0.4 is 15.5 Å². The van der Waals surface area contributed by atoms with Crippen molar-refractivity contribution in [2.75, 3.05) is 10.2 Å². The zero-order valence-corrected chi connectivity index (χ0v) is 22.4. The van der Waals surface area contributed by atoms with E-state index in [1.165, 1.54) is 6.42 Å². The van der Waals surface area contributed by atoms with Crippen molar-refractivity contribution in [1.82, 2.24) is 5.32 Å². The van der Waals surface area contributed by atoms with Crippen molar-refractivity contribution >= 4 is 34.5 Å². The van der Waals surface area contributed by atoms with Crippen molar-refractivity contribution in [3.8, 4) is 0 Å². The summed E-state index contributed by atoms with van der Waals surface area (Å²) in [5.41, 5.74) is 5.38. The number of amides is 2. The third-order valence-electron chi connectivity index (χ3n) is 7.79. The number of rotatable bonds is 7. The second-order valence-electron chi connectivity index (χ2n) is 10.5. The van der Waals surface area contributed by atoms with Crippen LogP contribution in [-0.4, -0.2) is 17.9 Å². The minimum atomic E-state index is -0.789. The van der Waals surface area contributed by atoms with Gasteiger partial charge in [-0.15, -0.1) is 0 Å². The molecule has 1 atom stereocenters. The van der Waals surface area contributed by atoms with Gasteiger partial charge in [-0.1, -0.05) is 116 Å². The minimum Gasteiger partial charge on any atom is -0.354 e. The van der Waals surface area contributed by atoms with Gasteiger partial charge in [0.1, 0.15) is 6.04 Å². The topological polar surface area (TPSA) is 61.4 Å². The Bertz CT molecular complexity index is 1510. The summed E-state index contributed by atoms with van der Waals surface area (Å²) in [5.74, 6) is -0.337. The van der Waals surface area contributed by atoms with Crippen molar-refractivity contribution in [3.63, 3.8) is 0 Å². The van der Waals surface area contributed by atoms with Gasteiger partial charge >= 0.3 is 0 Å². The van der Waals surface area contributed by atoms with E-state index in [1.807, 2.05) is 115 Å². The first kappa shape index (κ1) is 25.6. The maximum Gasteiger partial charge on any atom is 0.262 e. The van der Waals surface area contributed by atoms with Crippen LogP contribution in [0.25, 0.3) is 11.3 Å². The molecular weight excluding hydrogens is 494 g/mol. The lowest BCUT2D eigenvalue weighted by Crippen LogP contribution is -2.46. The first-order valence-corrected chi connectivity index (χ1v) is 14.1. The highest BCUT2D eigenvalue weighted by molar-refractivity contribution is 6.39. The van der Waals surface area contributed by atoms with Crippen molar-refractivity contribution < 1.29 is 9.59 Å². The first-order valence-electron chi connectivity index (χ1n) is 14.1. The Morgan fingerprint density at radius 2 is 1.32 bits per heavy atom. The summed E-state index contributed by atoms with van der Waals surface area (Å²) in [6, 6.07) is 36.5. The van der Waals surface area contributed by atoms with E-state index in [0.717, 1.165) is 53.7 Å². The number of para-hydroxylation sites is 2. The molecule has 4 aromatic carbocycles. The fourth-order valence-electron chi connectivity index (χ4n) is 5.87. The SMILES string of the molecule is O=C(NC1CCCCC1)C(c1ccccc1)N1C(=O)/C(=C(\Nc2ccccc2)c2ccccc2)c2ccccc21. The lowest BCUT2D eigenvalue weighted by Gasteiger charge is -2.31. The fraction of sp³-hybridized carbons (Fsp3) is 0.200. The van der Waals surface area contributed by atoms with Crippen LogP contribution in [0.3, 0.4) is 0 Å². The van der Waals surface area contributed by atoms with Crippen LogP contribution in [0, 0.1) is 0 Å². The maximum absolute atomic E-state index is 14.6. The number of nitrogens with zero attached hydrogens (tertiary/aromatic N) is 1. The molecule has 1 unspecified atom stereocenters. The lowest BCUT2D eigenvalue weighted by atomic mass is 9.94. The van der Waals surface area contributed by atoms with Crippen LogP contribution in [0.2, 0.25) is 0 Å². The van der Waals surface area contributed by atoms with E-state index in [1.54, 1.807) is 4.90 Å². The highest BCUT2D eigenvalue weighted by atomic mass is 16.2. The van der Waals surface area contributed by atoms with Gasteiger partial charge < -0.3 is 10.6 Å². The predicted octanol–water partition coefficient (Wildman–Crippen LogP) is 7.20. The van der Waals surface area contributed by atoms with E-state index >= 15 is 0 Å². The summed E-state index contributed by atoms with van der Waals surface area (Å²) in [6.07, 6.45) is 5.39. The van der Waals surface area contributed by atoms with Gasteiger partial charge in [-0.25, -0.2) is 0 Å². The number of fused-ring (bicyclic) bond motifs is 1. The monoisotopic (exact) mass is 527 g/mol. The van der Waals surface area contributed by atoms with Crippen molar-refractivity contribution in [2.45, 2.75) is 44.2 Å². The van der Waals surface area contributed by atoms with E-state index in [-0.39, 0.29) is 17.9 Å². The summed E-state index contributed by atoms with van der Waals surface area (Å²) in [7, 11) is 0. The highest BCUT2D eigenvalue weighted by Crippen LogP contribution is 2.45. The van der Waals surface area contributed by atoms with Crippen LogP contribution >= 0.6 is 0 Å². The molecule has 200 valence electrons. The molecule has 5 nitrogen and oxygen atoms in total. The molecular formula is C35H33N3O2. The molecule has 0 bridgehead atoms. The average molecular weight is 528 g/mol. The molecule has 2 aliphatic rings. The van der Waals surface area contributed by atoms with Gasteiger partial charge in [0.15, 0.2) is 0 Å². The molecule has 5 heteroatoms. The van der Waals surface area contributed by atoms with Crippen molar-refractivity contribution in [1.29, 1.82) is 0 Å². The normalized spacial score (nSPS) is 17.2. The Hall–Kier alpha value is -4.64. The zero-order valence-electron chi connectivity index (χ0n) is 22.4. The highest BCUT2D eigenvalue weighted by Gasteiger charge is 2.42. The van der Waals surface area contributed by atoms with Crippen LogP contribution in [0.4, 0.5) is 11.4 Å². The number of anilines is 2. The van der Waals surface area contributed by atoms with Gasteiger partial charge in [-0.2, -0.15) is 0 Å². The smallest absolute Gasteiger partial charge is 0.262 e. The van der Waals surface area contributed by atoms with E-state index < -0.39 is 6.04 Å². The summed E-state index contributed by atoms with van der Waals surface area (Å²) >= 11 is 0. The van der Waals surface area contributed by atoms with Crippen LogP contribution in [-0.2, 0) is 9.59 Å².